The standard InChI is InChI=1S/C19H16N2O2S/c1-5-14-9-15-10-16(7-8-17(15)20-11-14)23-13(3)18(24)21-19(4,6-2)12-22/h1-2,7-13H,3-4H3,(H,21,24). The Bertz CT molecular complexity index is 879. The van der Waals surface area contributed by atoms with Crippen molar-refractivity contribution in [2.75, 3.05) is 0 Å². The number of nitrogens with zero attached hydrogens (tertiary/aromatic N) is 1. The van der Waals surface area contributed by atoms with Crippen LogP contribution >= 0.6 is 12.2 Å². The van der Waals surface area contributed by atoms with Crippen LogP contribution in [0.2, 0.25) is 0 Å². The van der Waals surface area contributed by atoms with Gasteiger partial charge < -0.3 is 10.1 Å². The van der Waals surface area contributed by atoms with Gasteiger partial charge in [-0.3, -0.25) is 9.78 Å². The van der Waals surface area contributed by atoms with Gasteiger partial charge in [0.2, 0.25) is 0 Å². The monoisotopic (exact) mass is 336 g/mol. The van der Waals surface area contributed by atoms with Crippen molar-refractivity contribution in [2.24, 2.45) is 0 Å². The number of aldehydes is 1. The fourth-order valence-corrected chi connectivity index (χ4v) is 2.24. The van der Waals surface area contributed by atoms with Gasteiger partial charge in [0.25, 0.3) is 0 Å². The van der Waals surface area contributed by atoms with E-state index >= 15 is 0 Å². The highest BCUT2D eigenvalue weighted by molar-refractivity contribution is 7.80. The highest BCUT2D eigenvalue weighted by atomic mass is 32.1. The molecule has 5 heteroatoms. The van der Waals surface area contributed by atoms with Crippen LogP contribution in [-0.4, -0.2) is 27.9 Å². The summed E-state index contributed by atoms with van der Waals surface area (Å²) in [5.74, 6) is 5.53. The van der Waals surface area contributed by atoms with Crippen molar-refractivity contribution in [3.63, 3.8) is 0 Å². The van der Waals surface area contributed by atoms with E-state index in [9.17, 15) is 4.79 Å². The molecule has 4 nitrogen and oxygen atoms in total. The molecule has 2 atom stereocenters. The number of fused-ring (bicyclic) bond motifs is 1. The van der Waals surface area contributed by atoms with Crippen LogP contribution in [0.3, 0.4) is 0 Å². The molecule has 1 N–H and O–H groups in total. The molecule has 2 aromatic rings. The molecule has 0 aliphatic heterocycles. The van der Waals surface area contributed by atoms with Gasteiger partial charge >= 0.3 is 0 Å². The second-order valence-corrected chi connectivity index (χ2v) is 5.88. The van der Waals surface area contributed by atoms with Crippen molar-refractivity contribution in [1.29, 1.82) is 0 Å². The number of carbonyl (C=O) groups excluding carboxylic acids is 1. The SMILES string of the molecule is C#Cc1cnc2ccc(OC(C)C(=S)NC(C)(C#C)C=O)cc2c1. The summed E-state index contributed by atoms with van der Waals surface area (Å²) < 4.78 is 5.82. The van der Waals surface area contributed by atoms with Crippen LogP contribution < -0.4 is 10.1 Å². The highest BCUT2D eigenvalue weighted by Gasteiger charge is 2.24. The number of benzene rings is 1. The van der Waals surface area contributed by atoms with Crippen LogP contribution in [0.25, 0.3) is 10.9 Å². The van der Waals surface area contributed by atoms with Crippen molar-refractivity contribution in [3.8, 4) is 30.4 Å². The predicted molar refractivity (Wildman–Crippen MR) is 98.8 cm³/mol. The molecule has 2 rings (SSSR count). The number of hydrogen-bond acceptors (Lipinski definition) is 4. The number of rotatable bonds is 5. The van der Waals surface area contributed by atoms with E-state index in [1.807, 2.05) is 18.2 Å². The minimum Gasteiger partial charge on any atom is -0.484 e. The largest absolute Gasteiger partial charge is 0.484 e. The molecule has 0 aliphatic carbocycles. The molecular weight excluding hydrogens is 320 g/mol. The zero-order chi connectivity index (χ0) is 17.7. The van der Waals surface area contributed by atoms with Crippen LogP contribution in [0.15, 0.2) is 30.5 Å². The van der Waals surface area contributed by atoms with Gasteiger partial charge in [0.05, 0.1) is 5.52 Å². The van der Waals surface area contributed by atoms with Crippen molar-refractivity contribution < 1.29 is 9.53 Å². The molecule has 0 bridgehead atoms. The maximum Gasteiger partial charge on any atom is 0.157 e. The summed E-state index contributed by atoms with van der Waals surface area (Å²) in [4.78, 5) is 15.7. The number of carbonyl (C=O) groups is 1. The molecule has 2 unspecified atom stereocenters. The molecule has 1 heterocycles. The first-order valence-electron chi connectivity index (χ1n) is 7.20. The topological polar surface area (TPSA) is 51.2 Å². The molecular formula is C19H16N2O2S. The summed E-state index contributed by atoms with van der Waals surface area (Å²) >= 11 is 5.26. The van der Waals surface area contributed by atoms with E-state index in [4.69, 9.17) is 29.8 Å². The first-order valence-corrected chi connectivity index (χ1v) is 7.61. The summed E-state index contributed by atoms with van der Waals surface area (Å²) in [6.07, 6.45) is 12.5. The quantitative estimate of drug-likeness (QED) is 0.516. The summed E-state index contributed by atoms with van der Waals surface area (Å²) in [5, 5.41) is 3.70. The van der Waals surface area contributed by atoms with Crippen molar-refractivity contribution in [1.82, 2.24) is 10.3 Å². The third kappa shape index (κ3) is 3.90. The van der Waals surface area contributed by atoms with E-state index in [1.165, 1.54) is 0 Å². The zero-order valence-corrected chi connectivity index (χ0v) is 14.2. The lowest BCUT2D eigenvalue weighted by atomic mass is 10.1. The van der Waals surface area contributed by atoms with Crippen LogP contribution in [-0.2, 0) is 4.79 Å². The first-order chi connectivity index (χ1) is 11.4. The Balaban J connectivity index is 2.17. The normalized spacial score (nSPS) is 13.8. The van der Waals surface area contributed by atoms with Crippen LogP contribution in [0, 0.1) is 24.7 Å². The number of pyridine rings is 1. The average molecular weight is 336 g/mol. The van der Waals surface area contributed by atoms with Gasteiger partial charge in [0.15, 0.2) is 11.8 Å². The van der Waals surface area contributed by atoms with Crippen LogP contribution in [0.5, 0.6) is 5.75 Å². The van der Waals surface area contributed by atoms with Gasteiger partial charge in [-0.25, -0.2) is 0 Å². The number of ether oxygens (including phenoxy) is 1. The lowest BCUT2D eigenvalue weighted by Crippen LogP contribution is -2.49. The molecule has 0 fully saturated rings. The Kier molecular flexibility index (Phi) is 5.18. The molecule has 0 saturated heterocycles. The van der Waals surface area contributed by atoms with E-state index in [0.717, 1.165) is 10.9 Å². The maximum absolute atomic E-state index is 11.1. The number of terminal acetylenes is 2. The molecule has 0 saturated carbocycles. The maximum atomic E-state index is 11.1. The van der Waals surface area contributed by atoms with Crippen molar-refractivity contribution in [3.05, 3.63) is 36.0 Å². The number of aromatic nitrogens is 1. The predicted octanol–water partition coefficient (Wildman–Crippen LogP) is 2.49. The number of nitrogens with one attached hydrogen (secondary N) is 1. The van der Waals surface area contributed by atoms with Gasteiger partial charge in [0.1, 0.15) is 16.8 Å². The van der Waals surface area contributed by atoms with Gasteiger partial charge in [-0.2, -0.15) is 0 Å². The van der Waals surface area contributed by atoms with Gasteiger partial charge in [-0.1, -0.05) is 24.1 Å². The Labute approximate surface area is 146 Å². The highest BCUT2D eigenvalue weighted by Crippen LogP contribution is 2.21. The number of thiocarbonyl (C=S) groups is 1. The Morgan fingerprint density at radius 3 is 2.83 bits per heavy atom. The van der Waals surface area contributed by atoms with Crippen molar-refractivity contribution in [2.45, 2.75) is 25.5 Å². The second kappa shape index (κ2) is 7.12. The molecule has 120 valence electrons. The molecule has 0 spiro atoms. The molecule has 1 aromatic heterocycles. The van der Waals surface area contributed by atoms with Crippen LogP contribution in [0.1, 0.15) is 19.4 Å². The molecule has 24 heavy (non-hydrogen) atoms. The van der Waals surface area contributed by atoms with Crippen molar-refractivity contribution >= 4 is 34.4 Å². The Morgan fingerprint density at radius 1 is 1.46 bits per heavy atom. The van der Waals surface area contributed by atoms with Crippen LogP contribution in [0.4, 0.5) is 0 Å². The summed E-state index contributed by atoms with van der Waals surface area (Å²) in [6.45, 7) is 3.35. The molecule has 0 radical (unpaired) electrons. The average Bonchev–Trinajstić information content (AvgIpc) is 2.60. The van der Waals surface area contributed by atoms with E-state index in [0.29, 0.717) is 22.6 Å². The first kappa shape index (κ1) is 17.5. The van der Waals surface area contributed by atoms with E-state index in [2.05, 4.69) is 22.1 Å². The summed E-state index contributed by atoms with van der Waals surface area (Å²) in [6, 6.07) is 7.33. The Morgan fingerprint density at radius 2 is 2.21 bits per heavy atom. The minimum atomic E-state index is -1.15. The molecule has 0 aliphatic rings. The molecule has 0 amide bonds. The number of hydrogen-bond donors (Lipinski definition) is 1. The third-order valence-corrected chi connectivity index (χ3v) is 3.85. The summed E-state index contributed by atoms with van der Waals surface area (Å²) in [5.41, 5.74) is 0.361. The third-order valence-electron chi connectivity index (χ3n) is 3.42. The minimum absolute atomic E-state index is 0.346. The van der Waals surface area contributed by atoms with Gasteiger partial charge in [-0.05, 0) is 38.1 Å². The van der Waals surface area contributed by atoms with E-state index < -0.39 is 11.6 Å². The zero-order valence-electron chi connectivity index (χ0n) is 13.4. The smallest absolute Gasteiger partial charge is 0.157 e. The Hall–Kier alpha value is -2.89. The van der Waals surface area contributed by atoms with E-state index in [-0.39, 0.29) is 0 Å². The van der Waals surface area contributed by atoms with Gasteiger partial charge in [-0.15, -0.1) is 12.8 Å². The lowest BCUT2D eigenvalue weighted by molar-refractivity contribution is -0.110. The van der Waals surface area contributed by atoms with Gasteiger partial charge in [0, 0.05) is 17.1 Å². The molecule has 1 aromatic carbocycles. The summed E-state index contributed by atoms with van der Waals surface area (Å²) in [7, 11) is 0. The fraction of sp³-hybridized carbons (Fsp3) is 0.211. The fourth-order valence-electron chi connectivity index (χ4n) is 1.98. The lowest BCUT2D eigenvalue weighted by Gasteiger charge is -2.24. The second-order valence-electron chi connectivity index (χ2n) is 5.44. The van der Waals surface area contributed by atoms with E-state index in [1.54, 1.807) is 26.1 Å².